The zero-order valence-electron chi connectivity index (χ0n) is 13.0. The van der Waals surface area contributed by atoms with Crippen molar-refractivity contribution < 1.29 is 9.13 Å². The van der Waals surface area contributed by atoms with Gasteiger partial charge in [0.15, 0.2) is 0 Å². The number of ether oxygens (including phenoxy) is 1. The van der Waals surface area contributed by atoms with E-state index in [-0.39, 0.29) is 5.82 Å². The van der Waals surface area contributed by atoms with Crippen LogP contribution < -0.4 is 5.32 Å². The van der Waals surface area contributed by atoms with Gasteiger partial charge in [0.1, 0.15) is 5.82 Å². The van der Waals surface area contributed by atoms with E-state index in [0.717, 1.165) is 34.7 Å². The number of methoxy groups -OCH3 is 1. The van der Waals surface area contributed by atoms with Crippen LogP contribution in [0.15, 0.2) is 18.2 Å². The number of hydrogen-bond donors (Lipinski definition) is 1. The number of nitrogens with zero attached hydrogens (tertiary/aromatic N) is 2. The van der Waals surface area contributed by atoms with Gasteiger partial charge in [-0.2, -0.15) is 5.10 Å². The molecule has 114 valence electrons. The van der Waals surface area contributed by atoms with E-state index in [1.807, 2.05) is 25.5 Å². The Hall–Kier alpha value is -1.72. The van der Waals surface area contributed by atoms with Crippen molar-refractivity contribution in [3.05, 3.63) is 46.5 Å². The highest BCUT2D eigenvalue weighted by atomic mass is 19.1. The fourth-order valence-electron chi connectivity index (χ4n) is 2.25. The maximum Gasteiger partial charge on any atom is 0.123 e. The largest absolute Gasteiger partial charge is 0.383 e. The van der Waals surface area contributed by atoms with Crippen LogP contribution in [-0.2, 0) is 11.3 Å². The molecular formula is C16H22FN3O. The van der Waals surface area contributed by atoms with Crippen LogP contribution in [0.25, 0.3) is 5.69 Å². The lowest BCUT2D eigenvalue weighted by atomic mass is 10.1. The summed E-state index contributed by atoms with van der Waals surface area (Å²) in [6, 6.07) is 4.81. The van der Waals surface area contributed by atoms with E-state index in [0.29, 0.717) is 13.2 Å². The number of hydrogen-bond acceptors (Lipinski definition) is 3. The minimum atomic E-state index is -0.236. The van der Waals surface area contributed by atoms with Gasteiger partial charge in [0.2, 0.25) is 0 Å². The highest BCUT2D eigenvalue weighted by molar-refractivity contribution is 5.43. The van der Waals surface area contributed by atoms with E-state index >= 15 is 0 Å². The Morgan fingerprint density at radius 3 is 2.67 bits per heavy atom. The van der Waals surface area contributed by atoms with Gasteiger partial charge in [-0.25, -0.2) is 9.07 Å². The Balaban J connectivity index is 2.32. The van der Waals surface area contributed by atoms with Gasteiger partial charge < -0.3 is 10.1 Å². The van der Waals surface area contributed by atoms with Gasteiger partial charge in [-0.1, -0.05) is 0 Å². The van der Waals surface area contributed by atoms with Crippen LogP contribution in [0, 0.1) is 26.6 Å². The van der Waals surface area contributed by atoms with Gasteiger partial charge in [-0.05, 0) is 50.1 Å². The van der Waals surface area contributed by atoms with Gasteiger partial charge in [0.25, 0.3) is 0 Å². The third-order valence-electron chi connectivity index (χ3n) is 3.72. The first-order valence-corrected chi connectivity index (χ1v) is 7.06. The molecule has 0 atom stereocenters. The summed E-state index contributed by atoms with van der Waals surface area (Å²) in [5, 5.41) is 7.80. The highest BCUT2D eigenvalue weighted by Gasteiger charge is 2.13. The summed E-state index contributed by atoms with van der Waals surface area (Å²) in [6.07, 6.45) is 0. The number of benzene rings is 1. The molecule has 1 heterocycles. The monoisotopic (exact) mass is 291 g/mol. The molecule has 2 rings (SSSR count). The average Bonchev–Trinajstić information content (AvgIpc) is 2.71. The molecule has 0 aliphatic carbocycles. The Bertz CT molecular complexity index is 622. The molecule has 0 amide bonds. The van der Waals surface area contributed by atoms with E-state index in [1.165, 1.54) is 6.07 Å². The molecule has 4 nitrogen and oxygen atoms in total. The second kappa shape index (κ2) is 6.83. The Morgan fingerprint density at radius 1 is 1.29 bits per heavy atom. The molecule has 0 aliphatic rings. The van der Waals surface area contributed by atoms with Crippen LogP contribution in [-0.4, -0.2) is 30.0 Å². The van der Waals surface area contributed by atoms with Crippen LogP contribution >= 0.6 is 0 Å². The van der Waals surface area contributed by atoms with Crippen molar-refractivity contribution in [3.8, 4) is 5.69 Å². The maximum atomic E-state index is 13.5. The second-order valence-electron chi connectivity index (χ2n) is 5.15. The van der Waals surface area contributed by atoms with Crippen molar-refractivity contribution in [2.24, 2.45) is 0 Å². The fourth-order valence-corrected chi connectivity index (χ4v) is 2.25. The van der Waals surface area contributed by atoms with Crippen LogP contribution in [0.3, 0.4) is 0 Å². The topological polar surface area (TPSA) is 39.1 Å². The van der Waals surface area contributed by atoms with Gasteiger partial charge in [-0.15, -0.1) is 0 Å². The molecule has 21 heavy (non-hydrogen) atoms. The highest BCUT2D eigenvalue weighted by Crippen LogP contribution is 2.21. The predicted octanol–water partition coefficient (Wildman–Crippen LogP) is 2.67. The molecule has 0 fully saturated rings. The molecule has 2 aromatic rings. The summed E-state index contributed by atoms with van der Waals surface area (Å²) in [4.78, 5) is 0. The molecule has 1 N–H and O–H groups in total. The van der Waals surface area contributed by atoms with E-state index in [9.17, 15) is 4.39 Å². The Labute approximate surface area is 124 Å². The van der Waals surface area contributed by atoms with Gasteiger partial charge in [0.05, 0.1) is 18.0 Å². The van der Waals surface area contributed by atoms with Crippen molar-refractivity contribution in [1.82, 2.24) is 15.1 Å². The molecule has 0 spiro atoms. The van der Waals surface area contributed by atoms with Crippen LogP contribution in [0.4, 0.5) is 4.39 Å². The standard InChI is InChI=1S/C16H22FN3O/c1-11-12(2)19-20(13(11)3)16-6-5-15(17)9-14(16)10-18-7-8-21-4/h5-6,9,18H,7-8,10H2,1-4H3. The first kappa shape index (κ1) is 15.7. The molecule has 5 heteroatoms. The zero-order valence-corrected chi connectivity index (χ0v) is 13.0. The van der Waals surface area contributed by atoms with Crippen LogP contribution in [0.2, 0.25) is 0 Å². The second-order valence-corrected chi connectivity index (χ2v) is 5.15. The summed E-state index contributed by atoms with van der Waals surface area (Å²) >= 11 is 0. The third-order valence-corrected chi connectivity index (χ3v) is 3.72. The van der Waals surface area contributed by atoms with E-state index in [2.05, 4.69) is 10.4 Å². The minimum Gasteiger partial charge on any atom is -0.383 e. The molecule has 1 aromatic carbocycles. The Morgan fingerprint density at radius 2 is 2.05 bits per heavy atom. The van der Waals surface area contributed by atoms with E-state index in [4.69, 9.17) is 4.74 Å². The van der Waals surface area contributed by atoms with Gasteiger partial charge in [0, 0.05) is 25.9 Å². The van der Waals surface area contributed by atoms with Crippen molar-refractivity contribution in [3.63, 3.8) is 0 Å². The minimum absolute atomic E-state index is 0.236. The maximum absolute atomic E-state index is 13.5. The average molecular weight is 291 g/mol. The number of aromatic nitrogens is 2. The molecule has 0 radical (unpaired) electrons. The lowest BCUT2D eigenvalue weighted by Crippen LogP contribution is -2.20. The third kappa shape index (κ3) is 3.49. The SMILES string of the molecule is COCCNCc1cc(F)ccc1-n1nc(C)c(C)c1C. The molecule has 1 aromatic heterocycles. The summed E-state index contributed by atoms with van der Waals surface area (Å²) in [5.41, 5.74) is 5.04. The molecule has 0 bridgehead atoms. The lowest BCUT2D eigenvalue weighted by molar-refractivity contribution is 0.199. The first-order chi connectivity index (χ1) is 10.0. The van der Waals surface area contributed by atoms with E-state index < -0.39 is 0 Å². The van der Waals surface area contributed by atoms with Crippen LogP contribution in [0.5, 0.6) is 0 Å². The molecule has 0 aliphatic heterocycles. The molecular weight excluding hydrogens is 269 g/mol. The summed E-state index contributed by atoms with van der Waals surface area (Å²) in [6.45, 7) is 7.99. The van der Waals surface area contributed by atoms with Crippen molar-refractivity contribution >= 4 is 0 Å². The van der Waals surface area contributed by atoms with Crippen molar-refractivity contribution in [2.75, 3.05) is 20.3 Å². The molecule has 0 saturated heterocycles. The zero-order chi connectivity index (χ0) is 15.4. The van der Waals surface area contributed by atoms with Crippen molar-refractivity contribution in [2.45, 2.75) is 27.3 Å². The number of nitrogens with one attached hydrogen (secondary N) is 1. The lowest BCUT2D eigenvalue weighted by Gasteiger charge is -2.12. The van der Waals surface area contributed by atoms with E-state index in [1.54, 1.807) is 19.2 Å². The number of aryl methyl sites for hydroxylation is 1. The Kier molecular flexibility index (Phi) is 5.09. The van der Waals surface area contributed by atoms with Crippen LogP contribution in [0.1, 0.15) is 22.5 Å². The predicted molar refractivity (Wildman–Crippen MR) is 81.3 cm³/mol. The summed E-state index contributed by atoms with van der Waals surface area (Å²) < 4.78 is 20.4. The van der Waals surface area contributed by atoms with Gasteiger partial charge >= 0.3 is 0 Å². The fraction of sp³-hybridized carbons (Fsp3) is 0.438. The molecule has 0 unspecified atom stereocenters. The normalized spacial score (nSPS) is 11.1. The quantitative estimate of drug-likeness (QED) is 0.832. The number of halogens is 1. The smallest absolute Gasteiger partial charge is 0.123 e. The summed E-state index contributed by atoms with van der Waals surface area (Å²) in [7, 11) is 1.66. The van der Waals surface area contributed by atoms with Crippen molar-refractivity contribution in [1.29, 1.82) is 0 Å². The van der Waals surface area contributed by atoms with Gasteiger partial charge in [-0.3, -0.25) is 0 Å². The first-order valence-electron chi connectivity index (χ1n) is 7.06. The number of rotatable bonds is 6. The summed E-state index contributed by atoms with van der Waals surface area (Å²) in [5.74, 6) is -0.236. The molecule has 0 saturated carbocycles.